The first kappa shape index (κ1) is 74.9. The molecule has 612 valence electrons. The molecular formula is C119H72N8O4. The fourth-order valence-corrected chi connectivity index (χ4v) is 20.1. The number of hydrogen-bond donors (Lipinski definition) is 0. The fraction of sp³-hybridized carbons (Fsp3) is 0.0252. The third-order valence-corrected chi connectivity index (χ3v) is 26.2. The first-order valence-corrected chi connectivity index (χ1v) is 44.1. The first-order valence-electron chi connectivity index (χ1n) is 44.1. The third-order valence-electron chi connectivity index (χ3n) is 26.2. The van der Waals surface area contributed by atoms with Gasteiger partial charge in [-0.25, -0.2) is 39.9 Å². The molecule has 1 aliphatic carbocycles. The van der Waals surface area contributed by atoms with E-state index in [2.05, 4.69) is 311 Å². The van der Waals surface area contributed by atoms with Crippen molar-refractivity contribution in [2.45, 2.75) is 19.3 Å². The van der Waals surface area contributed by atoms with Crippen LogP contribution >= 0.6 is 0 Å². The van der Waals surface area contributed by atoms with Crippen molar-refractivity contribution in [1.82, 2.24) is 39.9 Å². The zero-order valence-electron chi connectivity index (χ0n) is 70.8. The second-order valence-electron chi connectivity index (χ2n) is 34.2. The minimum atomic E-state index is -0.170. The van der Waals surface area contributed by atoms with E-state index >= 15 is 0 Å². The lowest BCUT2D eigenvalue weighted by molar-refractivity contribution is 0.660. The second-order valence-corrected chi connectivity index (χ2v) is 34.2. The monoisotopic (exact) mass is 1680 g/mol. The molecule has 1 aliphatic rings. The lowest BCUT2D eigenvalue weighted by Crippen LogP contribution is -2.15. The normalized spacial score (nSPS) is 12.4. The summed E-state index contributed by atoms with van der Waals surface area (Å²) >= 11 is 0. The molecule has 0 amide bonds. The van der Waals surface area contributed by atoms with Gasteiger partial charge in [0.1, 0.15) is 44.7 Å². The maximum absolute atomic E-state index is 6.78. The highest BCUT2D eigenvalue weighted by molar-refractivity contribution is 6.32. The summed E-state index contributed by atoms with van der Waals surface area (Å²) in [5, 5.41) is 14.6. The Morgan fingerprint density at radius 1 is 0.183 bits per heavy atom. The van der Waals surface area contributed by atoms with Gasteiger partial charge in [-0.3, -0.25) is 0 Å². The number of aromatic nitrogens is 8. The van der Waals surface area contributed by atoms with E-state index in [1.165, 1.54) is 22.3 Å². The number of pyridine rings is 2. The van der Waals surface area contributed by atoms with Crippen molar-refractivity contribution in [3.63, 3.8) is 0 Å². The summed E-state index contributed by atoms with van der Waals surface area (Å²) in [5.74, 6) is 3.58. The van der Waals surface area contributed by atoms with Gasteiger partial charge in [-0.1, -0.05) is 347 Å². The molecule has 0 spiro atoms. The summed E-state index contributed by atoms with van der Waals surface area (Å²) < 4.78 is 27.1. The molecule has 26 aromatic rings. The number of nitrogens with zero attached hydrogens (tertiary/aromatic N) is 8. The standard InChI is InChI=1S/C61H38N4O2.C58H34N4O2/c1-61(2)47-26-10-6-20-39(47)40-31-30-38(33-48(40)61)60-64-58(35-16-4-3-5-17-35)63-59(65-60)37-19-14-18-36(32-37)56-46-34-52-54(44-23-9-13-29-51(44)66-52)55(53(46)43-22-7-11-27-49(43)62-56)45-25-15-24-42-41-21-8-12-28-50(41)67-57(42)45;1-3-15-35(16-4-1)36-29-31-38(32-30-36)57-60-56(37-17-5-2-6-18-37)61-58(62-57)40-20-13-19-39(33-40)54-46-34-50-52(44-23-9-12-28-49(44)63-50)53(51(46)43-22-7-10-26-47(43)59-54)45-25-14-24-42-41-21-8-11-27-48(41)64-55(42)45/h3-34H,1-2H3;1-34H. The molecule has 0 saturated carbocycles. The van der Waals surface area contributed by atoms with Crippen LogP contribution in [-0.2, 0) is 5.41 Å². The van der Waals surface area contributed by atoms with Gasteiger partial charge in [-0.2, -0.15) is 0 Å². The molecule has 12 heteroatoms. The van der Waals surface area contributed by atoms with Gasteiger partial charge in [-0.15, -0.1) is 0 Å². The summed E-state index contributed by atoms with van der Waals surface area (Å²) in [5.41, 5.74) is 28.5. The molecule has 0 fully saturated rings. The molecular weight excluding hydrogens is 1610 g/mol. The van der Waals surface area contributed by atoms with Gasteiger partial charge in [0.05, 0.1) is 22.4 Å². The maximum atomic E-state index is 6.78. The Morgan fingerprint density at radius 3 is 0.969 bits per heavy atom. The van der Waals surface area contributed by atoms with Gasteiger partial charge in [0.25, 0.3) is 0 Å². The van der Waals surface area contributed by atoms with E-state index in [1.807, 2.05) is 103 Å². The van der Waals surface area contributed by atoms with Crippen LogP contribution in [0.15, 0.2) is 418 Å². The molecule has 12 nitrogen and oxygen atoms in total. The molecule has 18 aromatic carbocycles. The van der Waals surface area contributed by atoms with E-state index in [0.29, 0.717) is 34.9 Å². The van der Waals surface area contributed by atoms with Gasteiger partial charge in [0.2, 0.25) is 0 Å². The van der Waals surface area contributed by atoms with Crippen molar-refractivity contribution in [1.29, 1.82) is 0 Å². The lowest BCUT2D eigenvalue weighted by Gasteiger charge is -2.21. The summed E-state index contributed by atoms with van der Waals surface area (Å²) in [6.07, 6.45) is 0. The quantitative estimate of drug-likeness (QED) is 0.113. The Balaban J connectivity index is 0.000000138. The molecule has 0 radical (unpaired) electrons. The molecule has 0 aliphatic heterocycles. The number of hydrogen-bond acceptors (Lipinski definition) is 12. The first-order chi connectivity index (χ1) is 64.7. The van der Waals surface area contributed by atoms with Crippen molar-refractivity contribution in [3.05, 3.63) is 412 Å². The molecule has 0 N–H and O–H groups in total. The molecule has 0 unspecified atom stereocenters. The zero-order chi connectivity index (χ0) is 86.5. The average molecular weight is 1680 g/mol. The predicted octanol–water partition coefficient (Wildman–Crippen LogP) is 31.4. The van der Waals surface area contributed by atoms with E-state index in [-0.39, 0.29) is 5.41 Å². The molecule has 27 rings (SSSR count). The van der Waals surface area contributed by atoms with E-state index in [9.17, 15) is 0 Å². The second kappa shape index (κ2) is 29.8. The zero-order valence-corrected chi connectivity index (χ0v) is 70.8. The van der Waals surface area contributed by atoms with Gasteiger partial charge >= 0.3 is 0 Å². The SMILES string of the molecule is CC1(C)c2ccccc2-c2ccc(-c3nc(-c4ccccc4)nc(-c4cccc(-c5nc6ccccc6c6c(-c7cccc8c7oc7ccccc78)c7c(cc56)oc5ccccc57)c4)n3)cc21.c1ccc(-c2ccc(-c3nc(-c4ccccc4)nc(-c4cccc(-c5nc6ccccc6c6c(-c7cccc8c7oc7ccccc78)c7c(cc56)oc5ccccc57)c4)n3)cc2)cc1. The van der Waals surface area contributed by atoms with Crippen LogP contribution in [-0.4, -0.2) is 39.9 Å². The summed E-state index contributed by atoms with van der Waals surface area (Å²) in [6, 6.07) is 138. The largest absolute Gasteiger partial charge is 0.456 e. The van der Waals surface area contributed by atoms with Crippen molar-refractivity contribution in [3.8, 4) is 135 Å². The maximum Gasteiger partial charge on any atom is 0.164 e. The van der Waals surface area contributed by atoms with Crippen molar-refractivity contribution >= 4 is 131 Å². The van der Waals surface area contributed by atoms with E-state index in [1.54, 1.807) is 0 Å². The number of para-hydroxylation sites is 8. The van der Waals surface area contributed by atoms with Gasteiger partial charge in [0, 0.05) is 148 Å². The molecule has 0 saturated heterocycles. The highest BCUT2D eigenvalue weighted by Gasteiger charge is 2.36. The van der Waals surface area contributed by atoms with E-state index in [0.717, 1.165) is 220 Å². The van der Waals surface area contributed by atoms with Crippen LogP contribution < -0.4 is 0 Å². The minimum absolute atomic E-state index is 0.170. The Labute approximate surface area is 749 Å². The van der Waals surface area contributed by atoms with E-state index in [4.69, 9.17) is 57.5 Å². The molecule has 0 atom stereocenters. The van der Waals surface area contributed by atoms with Gasteiger partial charge in [-0.05, 0) is 100 Å². The minimum Gasteiger partial charge on any atom is -0.456 e. The van der Waals surface area contributed by atoms with Crippen LogP contribution in [0.2, 0.25) is 0 Å². The predicted molar refractivity (Wildman–Crippen MR) is 532 cm³/mol. The van der Waals surface area contributed by atoms with Crippen molar-refractivity contribution in [2.24, 2.45) is 0 Å². The van der Waals surface area contributed by atoms with E-state index < -0.39 is 0 Å². The lowest BCUT2D eigenvalue weighted by atomic mass is 9.82. The van der Waals surface area contributed by atoms with Crippen LogP contribution in [0.4, 0.5) is 0 Å². The molecule has 131 heavy (non-hydrogen) atoms. The number of rotatable bonds is 11. The third kappa shape index (κ3) is 12.3. The van der Waals surface area contributed by atoms with Crippen LogP contribution in [0.1, 0.15) is 25.0 Å². The summed E-state index contributed by atoms with van der Waals surface area (Å²) in [4.78, 5) is 41.8. The molecule has 8 heterocycles. The number of furan rings is 4. The highest BCUT2D eigenvalue weighted by Crippen LogP contribution is 2.54. The van der Waals surface area contributed by atoms with Crippen LogP contribution in [0.3, 0.4) is 0 Å². The van der Waals surface area contributed by atoms with Gasteiger partial charge in [0.15, 0.2) is 34.9 Å². The molecule has 8 aromatic heterocycles. The van der Waals surface area contributed by atoms with Gasteiger partial charge < -0.3 is 17.7 Å². The number of benzene rings is 18. The smallest absolute Gasteiger partial charge is 0.164 e. The van der Waals surface area contributed by atoms with Crippen molar-refractivity contribution in [2.75, 3.05) is 0 Å². The van der Waals surface area contributed by atoms with Crippen molar-refractivity contribution < 1.29 is 17.7 Å². The van der Waals surface area contributed by atoms with Crippen LogP contribution in [0, 0.1) is 0 Å². The highest BCUT2D eigenvalue weighted by atomic mass is 16.3. The fourth-order valence-electron chi connectivity index (χ4n) is 20.1. The Morgan fingerprint density at radius 2 is 0.496 bits per heavy atom. The van der Waals surface area contributed by atoms with Crippen LogP contribution in [0.25, 0.3) is 266 Å². The molecule has 0 bridgehead atoms. The number of fused-ring (bicyclic) bond motifs is 21. The Bertz CT molecular complexity index is 9220. The Hall–Kier alpha value is -17.5. The average Bonchev–Trinajstić information content (AvgIpc) is 1.70. The topological polar surface area (TPSA) is 156 Å². The Kier molecular flexibility index (Phi) is 17.1. The summed E-state index contributed by atoms with van der Waals surface area (Å²) in [6.45, 7) is 4.60. The van der Waals surface area contributed by atoms with Crippen LogP contribution in [0.5, 0.6) is 0 Å². The summed E-state index contributed by atoms with van der Waals surface area (Å²) in [7, 11) is 0.